The third-order valence-corrected chi connectivity index (χ3v) is 3.70. The zero-order valence-electron chi connectivity index (χ0n) is 10.4. The molecule has 0 atom stereocenters. The van der Waals surface area contributed by atoms with Crippen molar-refractivity contribution in [1.29, 1.82) is 0 Å². The molecule has 0 radical (unpaired) electrons. The van der Waals surface area contributed by atoms with Crippen LogP contribution in [0, 0.1) is 0 Å². The Kier molecular flexibility index (Phi) is 2.74. The SMILES string of the molecule is CN(C(=O)c1cnn2cccnc12)C1CCCC1. The van der Waals surface area contributed by atoms with Crippen molar-refractivity contribution in [2.45, 2.75) is 31.7 Å². The Morgan fingerprint density at radius 2 is 2.22 bits per heavy atom. The highest BCUT2D eigenvalue weighted by atomic mass is 16.2. The molecular weight excluding hydrogens is 228 g/mol. The summed E-state index contributed by atoms with van der Waals surface area (Å²) in [5.74, 6) is 0.0237. The molecule has 0 aromatic carbocycles. The summed E-state index contributed by atoms with van der Waals surface area (Å²) in [6.45, 7) is 0. The van der Waals surface area contributed by atoms with E-state index in [9.17, 15) is 4.79 Å². The van der Waals surface area contributed by atoms with Crippen molar-refractivity contribution in [2.24, 2.45) is 0 Å². The van der Waals surface area contributed by atoms with E-state index in [1.165, 1.54) is 12.8 Å². The van der Waals surface area contributed by atoms with E-state index in [0.717, 1.165) is 12.8 Å². The van der Waals surface area contributed by atoms with Crippen molar-refractivity contribution in [3.05, 3.63) is 30.2 Å². The van der Waals surface area contributed by atoms with E-state index in [1.807, 2.05) is 11.9 Å². The van der Waals surface area contributed by atoms with Crippen LogP contribution >= 0.6 is 0 Å². The van der Waals surface area contributed by atoms with Gasteiger partial charge in [-0.25, -0.2) is 9.50 Å². The van der Waals surface area contributed by atoms with Crippen LogP contribution in [0.25, 0.3) is 5.65 Å². The van der Waals surface area contributed by atoms with Gasteiger partial charge in [-0.2, -0.15) is 5.10 Å². The Hall–Kier alpha value is -1.91. The van der Waals surface area contributed by atoms with E-state index in [4.69, 9.17) is 0 Å². The third-order valence-electron chi connectivity index (χ3n) is 3.70. The molecule has 1 aliphatic rings. The summed E-state index contributed by atoms with van der Waals surface area (Å²) in [5, 5.41) is 4.16. The average molecular weight is 244 g/mol. The van der Waals surface area contributed by atoms with Crippen molar-refractivity contribution in [3.8, 4) is 0 Å². The summed E-state index contributed by atoms with van der Waals surface area (Å²) in [6, 6.07) is 2.17. The standard InChI is InChI=1S/C13H16N4O/c1-16(10-5-2-3-6-10)13(18)11-9-15-17-8-4-7-14-12(11)17/h4,7-10H,2-3,5-6H2,1H3. The minimum Gasteiger partial charge on any atom is -0.339 e. The second-order valence-corrected chi connectivity index (χ2v) is 4.80. The molecule has 3 rings (SSSR count). The van der Waals surface area contributed by atoms with Crippen LogP contribution in [0.5, 0.6) is 0 Å². The number of rotatable bonds is 2. The highest BCUT2D eigenvalue weighted by Gasteiger charge is 2.26. The number of amides is 1. The van der Waals surface area contributed by atoms with Crippen LogP contribution in [0.4, 0.5) is 0 Å². The fourth-order valence-corrected chi connectivity index (χ4v) is 2.63. The fraction of sp³-hybridized carbons (Fsp3) is 0.462. The first kappa shape index (κ1) is 11.2. The largest absolute Gasteiger partial charge is 0.339 e. The van der Waals surface area contributed by atoms with Crippen LogP contribution in [0.2, 0.25) is 0 Å². The van der Waals surface area contributed by atoms with E-state index in [1.54, 1.807) is 29.2 Å². The van der Waals surface area contributed by atoms with Gasteiger partial charge in [0.25, 0.3) is 5.91 Å². The molecule has 94 valence electrons. The van der Waals surface area contributed by atoms with Gasteiger partial charge in [-0.05, 0) is 18.9 Å². The van der Waals surface area contributed by atoms with Gasteiger partial charge >= 0.3 is 0 Å². The second kappa shape index (κ2) is 4.40. The van der Waals surface area contributed by atoms with E-state index in [-0.39, 0.29) is 5.91 Å². The maximum atomic E-state index is 12.4. The first-order valence-electron chi connectivity index (χ1n) is 6.33. The summed E-state index contributed by atoms with van der Waals surface area (Å²) in [5.41, 5.74) is 1.22. The molecule has 0 aliphatic heterocycles. The summed E-state index contributed by atoms with van der Waals surface area (Å²) in [7, 11) is 1.88. The zero-order valence-corrected chi connectivity index (χ0v) is 10.4. The molecule has 0 spiro atoms. The number of carbonyl (C=O) groups is 1. The van der Waals surface area contributed by atoms with Gasteiger partial charge in [0.15, 0.2) is 5.65 Å². The lowest BCUT2D eigenvalue weighted by molar-refractivity contribution is 0.0737. The number of hydrogen-bond acceptors (Lipinski definition) is 3. The molecule has 5 heteroatoms. The molecule has 1 fully saturated rings. The summed E-state index contributed by atoms with van der Waals surface area (Å²) >= 11 is 0. The molecule has 0 N–H and O–H groups in total. The Balaban J connectivity index is 1.91. The molecule has 0 saturated heterocycles. The third kappa shape index (κ3) is 1.75. The van der Waals surface area contributed by atoms with E-state index < -0.39 is 0 Å². The normalized spacial score (nSPS) is 16.3. The second-order valence-electron chi connectivity index (χ2n) is 4.80. The predicted molar refractivity (Wildman–Crippen MR) is 67.3 cm³/mol. The van der Waals surface area contributed by atoms with E-state index in [0.29, 0.717) is 17.3 Å². The fourth-order valence-electron chi connectivity index (χ4n) is 2.63. The molecule has 1 saturated carbocycles. The maximum Gasteiger partial charge on any atom is 0.259 e. The van der Waals surface area contributed by atoms with E-state index >= 15 is 0 Å². The number of fused-ring (bicyclic) bond motifs is 1. The van der Waals surface area contributed by atoms with Crippen molar-refractivity contribution >= 4 is 11.6 Å². The Morgan fingerprint density at radius 3 is 3.00 bits per heavy atom. The average Bonchev–Trinajstić information content (AvgIpc) is 3.06. The number of nitrogens with zero attached hydrogens (tertiary/aromatic N) is 4. The quantitative estimate of drug-likeness (QED) is 0.808. The van der Waals surface area contributed by atoms with Crippen LogP contribution in [-0.2, 0) is 0 Å². The molecule has 0 bridgehead atoms. The van der Waals surface area contributed by atoms with Crippen molar-refractivity contribution in [2.75, 3.05) is 7.05 Å². The molecule has 1 aliphatic carbocycles. The molecule has 5 nitrogen and oxygen atoms in total. The van der Waals surface area contributed by atoms with Crippen molar-refractivity contribution in [3.63, 3.8) is 0 Å². The lowest BCUT2D eigenvalue weighted by atomic mass is 10.2. The minimum atomic E-state index is 0.0237. The highest BCUT2D eigenvalue weighted by Crippen LogP contribution is 2.24. The molecule has 18 heavy (non-hydrogen) atoms. The summed E-state index contributed by atoms with van der Waals surface area (Å²) in [4.78, 5) is 18.5. The number of hydrogen-bond donors (Lipinski definition) is 0. The summed E-state index contributed by atoms with van der Waals surface area (Å²) in [6.07, 6.45) is 9.74. The molecule has 2 aromatic rings. The maximum absolute atomic E-state index is 12.4. The molecule has 2 heterocycles. The Bertz CT molecular complexity index is 571. The van der Waals surface area contributed by atoms with E-state index in [2.05, 4.69) is 10.1 Å². The van der Waals surface area contributed by atoms with Crippen molar-refractivity contribution in [1.82, 2.24) is 19.5 Å². The van der Waals surface area contributed by atoms with Crippen LogP contribution in [0.3, 0.4) is 0 Å². The van der Waals surface area contributed by atoms with Gasteiger partial charge in [-0.3, -0.25) is 4.79 Å². The van der Waals surface area contributed by atoms with Crippen molar-refractivity contribution < 1.29 is 4.79 Å². The van der Waals surface area contributed by atoms with Crippen LogP contribution in [-0.4, -0.2) is 38.5 Å². The van der Waals surface area contributed by atoms with Crippen LogP contribution in [0.15, 0.2) is 24.7 Å². The smallest absolute Gasteiger partial charge is 0.259 e. The molecule has 2 aromatic heterocycles. The zero-order chi connectivity index (χ0) is 12.5. The molecular formula is C13H16N4O. The topological polar surface area (TPSA) is 50.5 Å². The highest BCUT2D eigenvalue weighted by molar-refractivity contribution is 5.99. The van der Waals surface area contributed by atoms with Gasteiger partial charge in [0, 0.05) is 25.5 Å². The lowest BCUT2D eigenvalue weighted by Gasteiger charge is -2.23. The molecule has 1 amide bonds. The van der Waals surface area contributed by atoms with Crippen LogP contribution < -0.4 is 0 Å². The minimum absolute atomic E-state index is 0.0237. The van der Waals surface area contributed by atoms with Gasteiger partial charge in [-0.1, -0.05) is 12.8 Å². The monoisotopic (exact) mass is 244 g/mol. The Labute approximate surface area is 105 Å². The molecule has 0 unspecified atom stereocenters. The first-order valence-corrected chi connectivity index (χ1v) is 6.33. The van der Waals surface area contributed by atoms with Gasteiger partial charge in [-0.15, -0.1) is 0 Å². The van der Waals surface area contributed by atoms with Gasteiger partial charge < -0.3 is 4.90 Å². The van der Waals surface area contributed by atoms with Gasteiger partial charge in [0.2, 0.25) is 0 Å². The number of carbonyl (C=O) groups excluding carboxylic acids is 1. The van der Waals surface area contributed by atoms with Gasteiger partial charge in [0.1, 0.15) is 5.56 Å². The van der Waals surface area contributed by atoms with Gasteiger partial charge in [0.05, 0.1) is 6.20 Å². The summed E-state index contributed by atoms with van der Waals surface area (Å²) < 4.78 is 1.63. The van der Waals surface area contributed by atoms with Crippen LogP contribution in [0.1, 0.15) is 36.0 Å². The predicted octanol–water partition coefficient (Wildman–Crippen LogP) is 1.74. The lowest BCUT2D eigenvalue weighted by Crippen LogP contribution is -2.35. The number of aromatic nitrogens is 3. The first-order chi connectivity index (χ1) is 8.77. The Morgan fingerprint density at radius 1 is 1.44 bits per heavy atom.